The molecule has 1 heterocycles. The Morgan fingerprint density at radius 1 is 1.14 bits per heavy atom. The minimum absolute atomic E-state index is 0.203. The normalized spacial score (nSPS) is 11.5. The monoisotopic (exact) mass is 314 g/mol. The Labute approximate surface area is 119 Å². The third-order valence-corrected chi connectivity index (χ3v) is 4.56. The van der Waals surface area contributed by atoms with Gasteiger partial charge >= 0.3 is 0 Å². The van der Waals surface area contributed by atoms with Crippen molar-refractivity contribution in [2.24, 2.45) is 0 Å². The number of aryl methyl sites for hydroxylation is 1. The van der Waals surface area contributed by atoms with E-state index in [-0.39, 0.29) is 12.2 Å². The number of halogens is 2. The highest BCUT2D eigenvalue weighted by molar-refractivity contribution is 7.91. The zero-order valence-electron chi connectivity index (χ0n) is 10.8. The Morgan fingerprint density at radius 3 is 2.33 bits per heavy atom. The standard InChI is InChI=1S/C13H12F2N2O3S/c14-10-7-9(16)8-11(15)13(10)21(19,20)6-5-17-4-2-1-3-12(17)18/h1-4,7-8H,5-6,16H2. The van der Waals surface area contributed by atoms with Gasteiger partial charge < -0.3 is 10.3 Å². The van der Waals surface area contributed by atoms with E-state index in [1.165, 1.54) is 18.3 Å². The van der Waals surface area contributed by atoms with Crippen LogP contribution < -0.4 is 11.3 Å². The molecule has 0 aliphatic heterocycles. The smallest absolute Gasteiger partial charge is 0.250 e. The van der Waals surface area contributed by atoms with Gasteiger partial charge in [0.05, 0.1) is 5.75 Å². The lowest BCUT2D eigenvalue weighted by molar-refractivity contribution is 0.518. The molecule has 0 fully saturated rings. The summed E-state index contributed by atoms with van der Waals surface area (Å²) in [7, 11) is -4.22. The molecule has 1 aromatic carbocycles. The van der Waals surface area contributed by atoms with Crippen molar-refractivity contribution in [2.45, 2.75) is 11.4 Å². The van der Waals surface area contributed by atoms with Gasteiger partial charge in [0.15, 0.2) is 9.84 Å². The van der Waals surface area contributed by atoms with Crippen LogP contribution in [0.1, 0.15) is 0 Å². The van der Waals surface area contributed by atoms with Crippen molar-refractivity contribution in [2.75, 3.05) is 11.5 Å². The molecular weight excluding hydrogens is 302 g/mol. The van der Waals surface area contributed by atoms with Crippen LogP contribution in [0, 0.1) is 11.6 Å². The Morgan fingerprint density at radius 2 is 1.76 bits per heavy atom. The second-order valence-electron chi connectivity index (χ2n) is 4.36. The van der Waals surface area contributed by atoms with E-state index in [1.807, 2.05) is 0 Å². The summed E-state index contributed by atoms with van der Waals surface area (Å²) in [5.74, 6) is -3.09. The van der Waals surface area contributed by atoms with Crippen LogP contribution in [-0.4, -0.2) is 18.7 Å². The number of nitrogens with zero attached hydrogens (tertiary/aromatic N) is 1. The Bertz CT molecular complexity index is 808. The Balaban J connectivity index is 2.32. The lowest BCUT2D eigenvalue weighted by Crippen LogP contribution is -2.23. The first-order valence-electron chi connectivity index (χ1n) is 5.94. The number of sulfone groups is 1. The first-order valence-corrected chi connectivity index (χ1v) is 7.59. The van der Waals surface area contributed by atoms with Crippen LogP contribution in [0.15, 0.2) is 46.2 Å². The lowest BCUT2D eigenvalue weighted by Gasteiger charge is -2.09. The number of hydrogen-bond acceptors (Lipinski definition) is 4. The van der Waals surface area contributed by atoms with Gasteiger partial charge in [0.25, 0.3) is 5.56 Å². The van der Waals surface area contributed by atoms with Crippen molar-refractivity contribution in [3.8, 4) is 0 Å². The van der Waals surface area contributed by atoms with Crippen molar-refractivity contribution >= 4 is 15.5 Å². The first kappa shape index (κ1) is 15.2. The molecule has 21 heavy (non-hydrogen) atoms. The molecule has 2 aromatic rings. The topological polar surface area (TPSA) is 82.2 Å². The van der Waals surface area contributed by atoms with Crippen molar-refractivity contribution in [3.05, 3.63) is 58.5 Å². The second kappa shape index (κ2) is 5.65. The summed E-state index contributed by atoms with van der Waals surface area (Å²) in [5.41, 5.74) is 4.63. The maximum Gasteiger partial charge on any atom is 0.250 e. The molecule has 0 unspecified atom stereocenters. The molecule has 0 spiro atoms. The number of anilines is 1. The molecule has 0 amide bonds. The molecule has 0 saturated carbocycles. The summed E-state index contributed by atoms with van der Waals surface area (Å²) in [6.45, 7) is -0.203. The molecular formula is C13H12F2N2O3S. The van der Waals surface area contributed by atoms with Gasteiger partial charge in [0, 0.05) is 24.5 Å². The lowest BCUT2D eigenvalue weighted by atomic mass is 10.3. The highest BCUT2D eigenvalue weighted by Crippen LogP contribution is 2.22. The number of aromatic nitrogens is 1. The molecule has 0 atom stereocenters. The van der Waals surface area contributed by atoms with E-state index in [1.54, 1.807) is 6.07 Å². The number of hydrogen-bond donors (Lipinski definition) is 1. The number of pyridine rings is 1. The predicted molar refractivity (Wildman–Crippen MR) is 73.5 cm³/mol. The van der Waals surface area contributed by atoms with Crippen molar-refractivity contribution in [3.63, 3.8) is 0 Å². The van der Waals surface area contributed by atoms with E-state index in [9.17, 15) is 22.0 Å². The molecule has 1 aromatic heterocycles. The van der Waals surface area contributed by atoms with E-state index in [2.05, 4.69) is 0 Å². The zero-order chi connectivity index (χ0) is 15.6. The average Bonchev–Trinajstić information content (AvgIpc) is 2.36. The van der Waals surface area contributed by atoms with Gasteiger partial charge in [0.2, 0.25) is 0 Å². The fourth-order valence-electron chi connectivity index (χ4n) is 1.84. The second-order valence-corrected chi connectivity index (χ2v) is 6.41. The van der Waals surface area contributed by atoms with E-state index in [0.29, 0.717) is 0 Å². The van der Waals surface area contributed by atoms with Crippen LogP contribution in [0.4, 0.5) is 14.5 Å². The van der Waals surface area contributed by atoms with Crippen LogP contribution in [0.5, 0.6) is 0 Å². The molecule has 0 aliphatic carbocycles. The van der Waals surface area contributed by atoms with E-state index < -0.39 is 37.7 Å². The Hall–Kier alpha value is -2.22. The van der Waals surface area contributed by atoms with E-state index >= 15 is 0 Å². The third kappa shape index (κ3) is 3.27. The molecule has 5 nitrogen and oxygen atoms in total. The molecule has 112 valence electrons. The summed E-state index contributed by atoms with van der Waals surface area (Å²) in [6, 6.07) is 5.80. The quantitative estimate of drug-likeness (QED) is 0.859. The first-order chi connectivity index (χ1) is 9.81. The van der Waals surface area contributed by atoms with Crippen LogP contribution in [-0.2, 0) is 16.4 Å². The largest absolute Gasteiger partial charge is 0.399 e. The summed E-state index contributed by atoms with van der Waals surface area (Å²) >= 11 is 0. The SMILES string of the molecule is Nc1cc(F)c(S(=O)(=O)CCn2ccccc2=O)c(F)c1. The average molecular weight is 314 g/mol. The predicted octanol–water partition coefficient (Wildman–Crippen LogP) is 1.18. The highest BCUT2D eigenvalue weighted by atomic mass is 32.2. The van der Waals surface area contributed by atoms with Crippen molar-refractivity contribution in [1.82, 2.24) is 4.57 Å². The van der Waals surface area contributed by atoms with Gasteiger partial charge in [-0.05, 0) is 18.2 Å². The molecule has 0 aliphatic rings. The number of nitrogens with two attached hydrogens (primary N) is 1. The molecule has 2 N–H and O–H groups in total. The maximum absolute atomic E-state index is 13.6. The van der Waals surface area contributed by atoms with Crippen LogP contribution >= 0.6 is 0 Å². The molecule has 0 bridgehead atoms. The third-order valence-electron chi connectivity index (χ3n) is 2.83. The van der Waals surface area contributed by atoms with Crippen LogP contribution in [0.25, 0.3) is 0 Å². The van der Waals surface area contributed by atoms with Crippen molar-refractivity contribution in [1.29, 1.82) is 0 Å². The zero-order valence-corrected chi connectivity index (χ0v) is 11.6. The number of rotatable bonds is 4. The molecule has 8 heteroatoms. The van der Waals surface area contributed by atoms with E-state index in [4.69, 9.17) is 5.73 Å². The van der Waals surface area contributed by atoms with Gasteiger partial charge in [0.1, 0.15) is 16.5 Å². The number of benzene rings is 1. The van der Waals surface area contributed by atoms with Crippen LogP contribution in [0.2, 0.25) is 0 Å². The maximum atomic E-state index is 13.6. The summed E-state index contributed by atoms with van der Waals surface area (Å²) < 4.78 is 52.5. The van der Waals surface area contributed by atoms with Gasteiger partial charge in [-0.25, -0.2) is 17.2 Å². The number of nitrogen functional groups attached to an aromatic ring is 1. The molecule has 0 saturated heterocycles. The van der Waals surface area contributed by atoms with Gasteiger partial charge in [-0.1, -0.05) is 6.07 Å². The van der Waals surface area contributed by atoms with E-state index in [0.717, 1.165) is 16.7 Å². The van der Waals surface area contributed by atoms with Gasteiger partial charge in [-0.2, -0.15) is 0 Å². The minimum atomic E-state index is -4.22. The minimum Gasteiger partial charge on any atom is -0.399 e. The summed E-state index contributed by atoms with van der Waals surface area (Å²) in [4.78, 5) is 10.4. The fourth-order valence-corrected chi connectivity index (χ4v) is 3.20. The summed E-state index contributed by atoms with van der Waals surface area (Å²) in [6.07, 6.45) is 1.40. The van der Waals surface area contributed by atoms with Gasteiger partial charge in [-0.3, -0.25) is 4.79 Å². The highest BCUT2D eigenvalue weighted by Gasteiger charge is 2.24. The summed E-state index contributed by atoms with van der Waals surface area (Å²) in [5, 5.41) is 0. The van der Waals surface area contributed by atoms with Gasteiger partial charge in [-0.15, -0.1) is 0 Å². The Kier molecular flexibility index (Phi) is 4.08. The van der Waals surface area contributed by atoms with Crippen LogP contribution in [0.3, 0.4) is 0 Å². The fraction of sp³-hybridized carbons (Fsp3) is 0.154. The molecule has 2 rings (SSSR count). The van der Waals surface area contributed by atoms with Crippen molar-refractivity contribution < 1.29 is 17.2 Å². The molecule has 0 radical (unpaired) electrons.